The summed E-state index contributed by atoms with van der Waals surface area (Å²) in [6, 6.07) is 0. The van der Waals surface area contributed by atoms with Gasteiger partial charge in [0, 0.05) is 11.9 Å². The average Bonchev–Trinajstić information content (AvgIpc) is 2.30. The number of alkyl halides is 1. The molecule has 0 N–H and O–H groups in total. The molecule has 0 aromatic heterocycles. The first-order valence-corrected chi connectivity index (χ1v) is 8.17. The van der Waals surface area contributed by atoms with Gasteiger partial charge in [-0.1, -0.05) is 22.9 Å². The van der Waals surface area contributed by atoms with Crippen LogP contribution in [0.2, 0.25) is 0 Å². The molecular formula is C14H29BrN2. The van der Waals surface area contributed by atoms with Crippen LogP contribution in [0.4, 0.5) is 0 Å². The zero-order chi connectivity index (χ0) is 12.7. The van der Waals surface area contributed by atoms with Crippen LogP contribution in [0.1, 0.15) is 32.6 Å². The summed E-state index contributed by atoms with van der Waals surface area (Å²) < 4.78 is 0. The summed E-state index contributed by atoms with van der Waals surface area (Å²) in [6.07, 6.45) is 5.42. The molecule has 0 saturated carbocycles. The van der Waals surface area contributed by atoms with E-state index >= 15 is 0 Å². The smallest absolute Gasteiger partial charge is 0.00338 e. The van der Waals surface area contributed by atoms with Crippen LogP contribution >= 0.6 is 15.9 Å². The highest BCUT2D eigenvalue weighted by atomic mass is 79.9. The molecule has 102 valence electrons. The fourth-order valence-electron chi connectivity index (χ4n) is 2.55. The first kappa shape index (κ1) is 15.5. The van der Waals surface area contributed by atoms with Crippen molar-refractivity contribution < 1.29 is 0 Å². The van der Waals surface area contributed by atoms with Crippen LogP contribution in [-0.2, 0) is 0 Å². The molecule has 0 bridgehead atoms. The average molecular weight is 305 g/mol. The number of halogens is 1. The van der Waals surface area contributed by atoms with Crippen molar-refractivity contribution in [2.24, 2.45) is 11.8 Å². The van der Waals surface area contributed by atoms with Crippen molar-refractivity contribution in [3.8, 4) is 0 Å². The van der Waals surface area contributed by atoms with Crippen molar-refractivity contribution in [2.45, 2.75) is 32.6 Å². The van der Waals surface area contributed by atoms with Gasteiger partial charge in [-0.05, 0) is 71.2 Å². The lowest BCUT2D eigenvalue weighted by atomic mass is 9.96. The van der Waals surface area contributed by atoms with Crippen molar-refractivity contribution in [2.75, 3.05) is 45.6 Å². The first-order chi connectivity index (χ1) is 8.11. The number of rotatable bonds is 7. The zero-order valence-electron chi connectivity index (χ0n) is 11.8. The lowest BCUT2D eigenvalue weighted by Crippen LogP contribution is -2.36. The third kappa shape index (κ3) is 6.78. The summed E-state index contributed by atoms with van der Waals surface area (Å²) >= 11 is 3.52. The maximum Gasteiger partial charge on any atom is 0.00338 e. The van der Waals surface area contributed by atoms with Crippen LogP contribution in [0.5, 0.6) is 0 Å². The van der Waals surface area contributed by atoms with E-state index in [0.29, 0.717) is 0 Å². The highest BCUT2D eigenvalue weighted by Crippen LogP contribution is 2.17. The molecule has 1 heterocycles. The van der Waals surface area contributed by atoms with Crippen molar-refractivity contribution >= 4 is 15.9 Å². The third-order valence-corrected chi connectivity index (χ3v) is 4.47. The number of hydrogen-bond acceptors (Lipinski definition) is 2. The molecule has 3 heteroatoms. The van der Waals surface area contributed by atoms with Crippen LogP contribution in [-0.4, -0.2) is 55.4 Å². The van der Waals surface area contributed by atoms with Crippen LogP contribution < -0.4 is 0 Å². The molecule has 1 saturated heterocycles. The van der Waals surface area contributed by atoms with Gasteiger partial charge in [0.15, 0.2) is 0 Å². The summed E-state index contributed by atoms with van der Waals surface area (Å²) in [5, 5.41) is 1.15. The van der Waals surface area contributed by atoms with E-state index in [0.717, 1.165) is 17.2 Å². The van der Waals surface area contributed by atoms with E-state index < -0.39 is 0 Å². The van der Waals surface area contributed by atoms with Gasteiger partial charge in [0.25, 0.3) is 0 Å². The molecule has 0 radical (unpaired) electrons. The number of likely N-dealkylation sites (tertiary alicyclic amines) is 1. The Balaban J connectivity index is 2.10. The van der Waals surface area contributed by atoms with Gasteiger partial charge in [-0.3, -0.25) is 0 Å². The SMILES string of the molecule is CC(CCBr)CCN(C)CC1CCN(C)CC1. The maximum absolute atomic E-state index is 3.52. The fraction of sp³-hybridized carbons (Fsp3) is 1.00. The van der Waals surface area contributed by atoms with Gasteiger partial charge in [-0.25, -0.2) is 0 Å². The molecule has 1 fully saturated rings. The summed E-state index contributed by atoms with van der Waals surface area (Å²) in [5.41, 5.74) is 0. The second-order valence-electron chi connectivity index (χ2n) is 5.88. The van der Waals surface area contributed by atoms with Gasteiger partial charge in [0.2, 0.25) is 0 Å². The molecular weight excluding hydrogens is 276 g/mol. The van der Waals surface area contributed by atoms with Crippen LogP contribution in [0.15, 0.2) is 0 Å². The number of nitrogens with zero attached hydrogens (tertiary/aromatic N) is 2. The molecule has 0 aromatic carbocycles. The van der Waals surface area contributed by atoms with Gasteiger partial charge in [-0.15, -0.1) is 0 Å². The molecule has 1 rings (SSSR count). The van der Waals surface area contributed by atoms with Gasteiger partial charge in [0.1, 0.15) is 0 Å². The van der Waals surface area contributed by atoms with E-state index in [1.54, 1.807) is 0 Å². The lowest BCUT2D eigenvalue weighted by molar-refractivity contribution is 0.172. The Labute approximate surface area is 116 Å². The van der Waals surface area contributed by atoms with E-state index in [4.69, 9.17) is 0 Å². The normalized spacial score (nSPS) is 21.0. The fourth-order valence-corrected chi connectivity index (χ4v) is 3.33. The minimum Gasteiger partial charge on any atom is -0.306 e. The maximum atomic E-state index is 3.52. The Morgan fingerprint density at radius 3 is 2.53 bits per heavy atom. The zero-order valence-corrected chi connectivity index (χ0v) is 13.4. The highest BCUT2D eigenvalue weighted by molar-refractivity contribution is 9.09. The van der Waals surface area contributed by atoms with Crippen molar-refractivity contribution in [1.82, 2.24) is 9.80 Å². The van der Waals surface area contributed by atoms with Crippen LogP contribution in [0.25, 0.3) is 0 Å². The van der Waals surface area contributed by atoms with Gasteiger partial charge in [-0.2, -0.15) is 0 Å². The molecule has 0 aromatic rings. The molecule has 1 aliphatic heterocycles. The monoisotopic (exact) mass is 304 g/mol. The molecule has 0 spiro atoms. The Hall–Kier alpha value is 0.400. The second kappa shape index (κ2) is 8.49. The lowest BCUT2D eigenvalue weighted by Gasteiger charge is -2.32. The van der Waals surface area contributed by atoms with Gasteiger partial charge in [0.05, 0.1) is 0 Å². The predicted octanol–water partition coefficient (Wildman–Crippen LogP) is 3.07. The number of piperidine rings is 1. The molecule has 1 atom stereocenters. The minimum atomic E-state index is 0.856. The molecule has 2 nitrogen and oxygen atoms in total. The van der Waals surface area contributed by atoms with Crippen LogP contribution in [0.3, 0.4) is 0 Å². The van der Waals surface area contributed by atoms with Gasteiger partial charge < -0.3 is 9.80 Å². The Kier molecular flexibility index (Phi) is 7.72. The van der Waals surface area contributed by atoms with E-state index in [1.165, 1.54) is 51.9 Å². The number of hydrogen-bond donors (Lipinski definition) is 0. The van der Waals surface area contributed by atoms with E-state index in [1.807, 2.05) is 0 Å². The predicted molar refractivity (Wildman–Crippen MR) is 79.9 cm³/mol. The topological polar surface area (TPSA) is 6.48 Å². The van der Waals surface area contributed by atoms with Crippen molar-refractivity contribution in [3.05, 3.63) is 0 Å². The molecule has 17 heavy (non-hydrogen) atoms. The highest BCUT2D eigenvalue weighted by Gasteiger charge is 2.18. The summed E-state index contributed by atoms with van der Waals surface area (Å²) in [7, 11) is 4.53. The van der Waals surface area contributed by atoms with E-state index in [2.05, 4.69) is 46.7 Å². The van der Waals surface area contributed by atoms with E-state index in [-0.39, 0.29) is 0 Å². The largest absolute Gasteiger partial charge is 0.306 e. The standard InChI is InChI=1S/C14H29BrN2/c1-13(4-8-15)5-9-17(3)12-14-6-10-16(2)11-7-14/h13-14H,4-12H2,1-3H3. The quantitative estimate of drug-likeness (QED) is 0.667. The summed E-state index contributed by atoms with van der Waals surface area (Å²) in [6.45, 7) is 7.51. The van der Waals surface area contributed by atoms with Gasteiger partial charge >= 0.3 is 0 Å². The summed E-state index contributed by atoms with van der Waals surface area (Å²) in [5.74, 6) is 1.79. The molecule has 1 unspecified atom stereocenters. The first-order valence-electron chi connectivity index (χ1n) is 7.05. The molecule has 1 aliphatic rings. The molecule has 0 aliphatic carbocycles. The summed E-state index contributed by atoms with van der Waals surface area (Å²) in [4.78, 5) is 5.00. The van der Waals surface area contributed by atoms with Crippen molar-refractivity contribution in [1.29, 1.82) is 0 Å². The minimum absolute atomic E-state index is 0.856. The molecule has 0 amide bonds. The second-order valence-corrected chi connectivity index (χ2v) is 6.67. The van der Waals surface area contributed by atoms with E-state index in [9.17, 15) is 0 Å². The van der Waals surface area contributed by atoms with Crippen LogP contribution in [0, 0.1) is 11.8 Å². The Morgan fingerprint density at radius 1 is 1.29 bits per heavy atom. The Morgan fingerprint density at radius 2 is 1.94 bits per heavy atom. The van der Waals surface area contributed by atoms with Crippen molar-refractivity contribution in [3.63, 3.8) is 0 Å². The third-order valence-electron chi connectivity index (χ3n) is 4.01. The Bertz CT molecular complexity index is 191.